The lowest BCUT2D eigenvalue weighted by atomic mass is 9.92. The number of hydrogen-bond acceptors (Lipinski definition) is 4. The fraction of sp³-hybridized carbons (Fsp3) is 0.500. The second kappa shape index (κ2) is 7.54. The van der Waals surface area contributed by atoms with E-state index in [1.165, 1.54) is 0 Å². The third-order valence-electron chi connectivity index (χ3n) is 2.99. The first kappa shape index (κ1) is 19.1. The molecule has 0 radical (unpaired) electrons. The van der Waals surface area contributed by atoms with Gasteiger partial charge in [0.1, 0.15) is 5.54 Å². The molecule has 1 amide bonds. The van der Waals surface area contributed by atoms with E-state index in [2.05, 4.69) is 26.0 Å². The Hall–Kier alpha value is -0.960. The number of carbonyl (C=O) groups excluding carboxylic acids is 1. The van der Waals surface area contributed by atoms with Gasteiger partial charge in [-0.15, -0.1) is 0 Å². The van der Waals surface area contributed by atoms with E-state index in [0.717, 1.165) is 4.47 Å². The third-order valence-corrected chi connectivity index (χ3v) is 5.09. The van der Waals surface area contributed by atoms with Crippen LogP contribution in [0, 0.1) is 0 Å². The third kappa shape index (κ3) is 5.68. The summed E-state index contributed by atoms with van der Waals surface area (Å²) in [5.74, 6) is -0.609. The zero-order valence-electron chi connectivity index (χ0n) is 12.9. The molecule has 0 fully saturated rings. The van der Waals surface area contributed by atoms with Gasteiger partial charge in [0.2, 0.25) is 15.9 Å². The summed E-state index contributed by atoms with van der Waals surface area (Å²) in [6.07, 6.45) is 0. The highest BCUT2D eigenvalue weighted by molar-refractivity contribution is 9.10. The average Bonchev–Trinajstić information content (AvgIpc) is 2.37. The Morgan fingerprint density at radius 2 is 1.86 bits per heavy atom. The molecule has 124 valence electrons. The second-order valence-electron chi connectivity index (χ2n) is 5.56. The molecular weight excluding hydrogens is 370 g/mol. The topological polar surface area (TPSA) is 101 Å². The monoisotopic (exact) mass is 391 g/mol. The molecule has 0 aliphatic heterocycles. The predicted molar refractivity (Wildman–Crippen MR) is 90.7 cm³/mol. The lowest BCUT2D eigenvalue weighted by Crippen LogP contribution is -2.50. The summed E-state index contributed by atoms with van der Waals surface area (Å²) < 4.78 is 26.7. The van der Waals surface area contributed by atoms with Gasteiger partial charge in [0.15, 0.2) is 0 Å². The van der Waals surface area contributed by atoms with Crippen LogP contribution >= 0.6 is 15.9 Å². The molecule has 0 spiro atoms. The van der Waals surface area contributed by atoms with Crippen molar-refractivity contribution in [2.24, 2.45) is 5.73 Å². The van der Waals surface area contributed by atoms with Gasteiger partial charge in [0.05, 0.1) is 5.75 Å². The van der Waals surface area contributed by atoms with E-state index >= 15 is 0 Å². The van der Waals surface area contributed by atoms with E-state index < -0.39 is 21.5 Å². The molecule has 6 nitrogen and oxygen atoms in total. The lowest BCUT2D eigenvalue weighted by molar-refractivity contribution is -0.125. The van der Waals surface area contributed by atoms with Gasteiger partial charge in [-0.2, -0.15) is 0 Å². The van der Waals surface area contributed by atoms with Crippen LogP contribution < -0.4 is 15.8 Å². The number of sulfonamides is 1. The quantitative estimate of drug-likeness (QED) is 0.646. The van der Waals surface area contributed by atoms with Crippen LogP contribution in [-0.2, 0) is 20.4 Å². The number of carbonyl (C=O) groups is 1. The van der Waals surface area contributed by atoms with Gasteiger partial charge in [0.25, 0.3) is 0 Å². The summed E-state index contributed by atoms with van der Waals surface area (Å²) >= 11 is 3.32. The van der Waals surface area contributed by atoms with Crippen molar-refractivity contribution in [3.8, 4) is 0 Å². The van der Waals surface area contributed by atoms with Gasteiger partial charge in [-0.05, 0) is 38.5 Å². The Bertz CT molecular complexity index is 613. The van der Waals surface area contributed by atoms with E-state index in [4.69, 9.17) is 5.73 Å². The normalized spacial score (nSPS) is 14.6. The van der Waals surface area contributed by atoms with Crippen molar-refractivity contribution in [3.63, 3.8) is 0 Å². The molecule has 1 unspecified atom stereocenters. The van der Waals surface area contributed by atoms with Crippen molar-refractivity contribution in [1.29, 1.82) is 0 Å². The molecule has 0 aliphatic rings. The first-order valence-corrected chi connectivity index (χ1v) is 9.32. The van der Waals surface area contributed by atoms with Crippen molar-refractivity contribution in [2.45, 2.75) is 32.4 Å². The fourth-order valence-electron chi connectivity index (χ4n) is 1.83. The van der Waals surface area contributed by atoms with Gasteiger partial charge in [0, 0.05) is 17.1 Å². The molecule has 4 N–H and O–H groups in total. The first-order valence-electron chi connectivity index (χ1n) is 6.88. The van der Waals surface area contributed by atoms with Gasteiger partial charge in [-0.25, -0.2) is 13.1 Å². The highest BCUT2D eigenvalue weighted by Gasteiger charge is 2.30. The summed E-state index contributed by atoms with van der Waals surface area (Å²) in [5, 5.41) is 2.57. The summed E-state index contributed by atoms with van der Waals surface area (Å²) in [5.41, 5.74) is 5.49. The summed E-state index contributed by atoms with van der Waals surface area (Å²) in [6.45, 7) is 5.07. The zero-order valence-corrected chi connectivity index (χ0v) is 15.3. The number of halogens is 1. The molecule has 1 rings (SSSR count). The molecule has 0 bridgehead atoms. The molecule has 1 aromatic rings. The van der Waals surface area contributed by atoms with E-state index in [0.29, 0.717) is 5.56 Å². The Morgan fingerprint density at radius 3 is 2.36 bits per heavy atom. The molecule has 0 aromatic heterocycles. The molecule has 8 heteroatoms. The van der Waals surface area contributed by atoms with Crippen LogP contribution in [0.3, 0.4) is 0 Å². The summed E-state index contributed by atoms with van der Waals surface area (Å²) in [4.78, 5) is 12.2. The smallest absolute Gasteiger partial charge is 0.244 e. The minimum atomic E-state index is -3.40. The van der Waals surface area contributed by atoms with Crippen LogP contribution in [0.5, 0.6) is 0 Å². The Morgan fingerprint density at radius 1 is 1.32 bits per heavy atom. The molecule has 0 saturated heterocycles. The highest BCUT2D eigenvalue weighted by atomic mass is 79.9. The number of nitrogens with one attached hydrogen (secondary N) is 2. The van der Waals surface area contributed by atoms with Crippen LogP contribution in [0.25, 0.3) is 0 Å². The molecule has 0 saturated carbocycles. The first-order chi connectivity index (χ1) is 10.0. The molecule has 0 aliphatic carbocycles. The number of amides is 1. The average molecular weight is 392 g/mol. The van der Waals surface area contributed by atoms with E-state index in [1.54, 1.807) is 45.0 Å². The van der Waals surface area contributed by atoms with E-state index in [9.17, 15) is 13.2 Å². The van der Waals surface area contributed by atoms with E-state index in [-0.39, 0.29) is 18.3 Å². The van der Waals surface area contributed by atoms with Crippen molar-refractivity contribution in [1.82, 2.24) is 10.0 Å². The molecule has 1 aromatic carbocycles. The Kier molecular flexibility index (Phi) is 6.54. The van der Waals surface area contributed by atoms with Crippen molar-refractivity contribution >= 4 is 31.9 Å². The minimum Gasteiger partial charge on any atom is -0.353 e. The minimum absolute atomic E-state index is 0.00417. The van der Waals surface area contributed by atoms with Crippen LogP contribution in [-0.4, -0.2) is 32.7 Å². The standard InChI is InChI=1S/C14H22BrN3O3S/c1-10(2)18-22(20,21)9-8-17-13(19)14(3,16)11-4-6-12(15)7-5-11/h4-7,10,18H,8-9,16H2,1-3H3,(H,17,19). The maximum Gasteiger partial charge on any atom is 0.244 e. The van der Waals surface area contributed by atoms with Crippen LogP contribution in [0.4, 0.5) is 0 Å². The van der Waals surface area contributed by atoms with Gasteiger partial charge in [-0.3, -0.25) is 4.79 Å². The maximum absolute atomic E-state index is 12.2. The number of hydrogen-bond donors (Lipinski definition) is 3. The van der Waals surface area contributed by atoms with Crippen LogP contribution in [0.2, 0.25) is 0 Å². The highest BCUT2D eigenvalue weighted by Crippen LogP contribution is 2.20. The maximum atomic E-state index is 12.2. The number of benzene rings is 1. The Labute approximate surface area is 140 Å². The lowest BCUT2D eigenvalue weighted by Gasteiger charge is -2.24. The summed E-state index contributed by atoms with van der Waals surface area (Å²) in [6, 6.07) is 6.92. The van der Waals surface area contributed by atoms with Gasteiger partial charge >= 0.3 is 0 Å². The molecule has 22 heavy (non-hydrogen) atoms. The summed E-state index contributed by atoms with van der Waals surface area (Å²) in [7, 11) is -3.40. The van der Waals surface area contributed by atoms with Crippen molar-refractivity contribution in [3.05, 3.63) is 34.3 Å². The Balaban J connectivity index is 2.63. The van der Waals surface area contributed by atoms with Crippen LogP contribution in [0.1, 0.15) is 26.3 Å². The second-order valence-corrected chi connectivity index (χ2v) is 8.35. The van der Waals surface area contributed by atoms with Gasteiger partial charge in [-0.1, -0.05) is 28.1 Å². The zero-order chi connectivity index (χ0) is 17.0. The molecular formula is C14H22BrN3O3S. The largest absolute Gasteiger partial charge is 0.353 e. The van der Waals surface area contributed by atoms with Crippen LogP contribution in [0.15, 0.2) is 28.7 Å². The van der Waals surface area contributed by atoms with E-state index in [1.807, 2.05) is 0 Å². The number of rotatable bonds is 7. The SMILES string of the molecule is CC(C)NS(=O)(=O)CCNC(=O)C(C)(N)c1ccc(Br)cc1. The molecule has 1 atom stereocenters. The molecule has 0 heterocycles. The predicted octanol–water partition coefficient (Wildman–Crippen LogP) is 1.07. The van der Waals surface area contributed by atoms with Crippen molar-refractivity contribution < 1.29 is 13.2 Å². The fourth-order valence-corrected chi connectivity index (χ4v) is 3.30. The van der Waals surface area contributed by atoms with Gasteiger partial charge < -0.3 is 11.1 Å². The van der Waals surface area contributed by atoms with Crippen molar-refractivity contribution in [2.75, 3.05) is 12.3 Å². The number of nitrogens with two attached hydrogens (primary N) is 1.